The Morgan fingerprint density at radius 1 is 1.44 bits per heavy atom. The van der Waals surface area contributed by atoms with E-state index in [0.29, 0.717) is 6.10 Å². The van der Waals surface area contributed by atoms with Crippen LogP contribution >= 0.6 is 34.2 Å². The maximum atomic E-state index is 6.29. The Morgan fingerprint density at radius 3 is 2.94 bits per heavy atom. The van der Waals surface area contributed by atoms with Gasteiger partial charge in [-0.25, -0.2) is 0 Å². The molecule has 2 rings (SSSR count). The molecule has 3 unspecified atom stereocenters. The average molecular weight is 379 g/mol. The lowest BCUT2D eigenvalue weighted by molar-refractivity contribution is -0.0283. The van der Waals surface area contributed by atoms with Crippen molar-refractivity contribution in [1.29, 1.82) is 0 Å². The summed E-state index contributed by atoms with van der Waals surface area (Å²) >= 11 is 8.45. The van der Waals surface area contributed by atoms with Gasteiger partial charge in [-0.15, -0.1) is 0 Å². The monoisotopic (exact) mass is 378 g/mol. The first kappa shape index (κ1) is 14.6. The molecule has 0 radical (unpaired) electrons. The van der Waals surface area contributed by atoms with E-state index in [2.05, 4.69) is 35.6 Å². The molecule has 1 saturated carbocycles. The summed E-state index contributed by atoms with van der Waals surface area (Å²) in [6.45, 7) is 2.33. The summed E-state index contributed by atoms with van der Waals surface area (Å²) < 4.78 is 7.26. The first-order valence-electron chi connectivity index (χ1n) is 6.66. The van der Waals surface area contributed by atoms with E-state index >= 15 is 0 Å². The van der Waals surface area contributed by atoms with Crippen molar-refractivity contribution in [2.75, 3.05) is 4.43 Å². The zero-order chi connectivity index (χ0) is 13.0. The Balaban J connectivity index is 2.00. The van der Waals surface area contributed by atoms with Crippen molar-refractivity contribution in [1.82, 2.24) is 0 Å². The van der Waals surface area contributed by atoms with Crippen molar-refractivity contribution >= 4 is 34.2 Å². The highest BCUT2D eigenvalue weighted by atomic mass is 127. The lowest BCUT2D eigenvalue weighted by Crippen LogP contribution is -2.24. The summed E-state index contributed by atoms with van der Waals surface area (Å²) in [6, 6.07) is 8.06. The molecule has 18 heavy (non-hydrogen) atoms. The van der Waals surface area contributed by atoms with Gasteiger partial charge in [-0.2, -0.15) is 0 Å². The Bertz CT molecular complexity index is 383. The largest absolute Gasteiger partial charge is 0.369 e. The van der Waals surface area contributed by atoms with Crippen molar-refractivity contribution in [2.45, 2.75) is 44.8 Å². The standard InChI is InChI=1S/C15H20ClIO/c1-11-4-2-7-14(8-11)18-15(10-17)12-5-3-6-13(16)9-12/h3,5-6,9,11,14-15H,2,4,7-8,10H2,1H3. The molecule has 3 atom stereocenters. The van der Waals surface area contributed by atoms with Gasteiger partial charge in [0.05, 0.1) is 12.2 Å². The minimum absolute atomic E-state index is 0.180. The fourth-order valence-corrected chi connectivity index (χ4v) is 3.56. The van der Waals surface area contributed by atoms with E-state index in [4.69, 9.17) is 16.3 Å². The van der Waals surface area contributed by atoms with Crippen LogP contribution in [-0.2, 0) is 4.74 Å². The highest BCUT2D eigenvalue weighted by Crippen LogP contribution is 2.31. The van der Waals surface area contributed by atoms with Crippen molar-refractivity contribution in [3.05, 3.63) is 34.9 Å². The lowest BCUT2D eigenvalue weighted by atomic mass is 9.88. The third kappa shape index (κ3) is 4.10. The van der Waals surface area contributed by atoms with Crippen LogP contribution in [0.25, 0.3) is 0 Å². The molecule has 0 amide bonds. The van der Waals surface area contributed by atoms with Gasteiger partial charge in [-0.05, 0) is 36.5 Å². The molecule has 0 heterocycles. The van der Waals surface area contributed by atoms with E-state index < -0.39 is 0 Å². The van der Waals surface area contributed by atoms with Gasteiger partial charge in [0.1, 0.15) is 0 Å². The number of hydrogen-bond acceptors (Lipinski definition) is 1. The summed E-state index contributed by atoms with van der Waals surface area (Å²) in [5, 5.41) is 0.794. The number of halogens is 2. The smallest absolute Gasteiger partial charge is 0.0918 e. The average Bonchev–Trinajstić information content (AvgIpc) is 2.36. The van der Waals surface area contributed by atoms with Gasteiger partial charge < -0.3 is 4.74 Å². The normalized spacial score (nSPS) is 25.9. The Kier molecular flexibility index (Phi) is 5.77. The Labute approximate surface area is 128 Å². The predicted molar refractivity (Wildman–Crippen MR) is 85.6 cm³/mol. The van der Waals surface area contributed by atoms with Crippen LogP contribution in [0.2, 0.25) is 5.02 Å². The molecule has 1 nitrogen and oxygen atoms in total. The van der Waals surface area contributed by atoms with Gasteiger partial charge in [0.2, 0.25) is 0 Å². The fourth-order valence-electron chi connectivity index (χ4n) is 2.65. The molecule has 1 aromatic rings. The van der Waals surface area contributed by atoms with Crippen LogP contribution in [0.15, 0.2) is 24.3 Å². The highest BCUT2D eigenvalue weighted by Gasteiger charge is 2.23. The molecule has 1 aromatic carbocycles. The van der Waals surface area contributed by atoms with Gasteiger partial charge in [0.15, 0.2) is 0 Å². The van der Waals surface area contributed by atoms with E-state index in [1.807, 2.05) is 18.2 Å². The molecule has 0 spiro atoms. The van der Waals surface area contributed by atoms with Crippen LogP contribution in [0, 0.1) is 5.92 Å². The van der Waals surface area contributed by atoms with Gasteiger partial charge in [0, 0.05) is 9.45 Å². The first-order valence-corrected chi connectivity index (χ1v) is 8.56. The van der Waals surface area contributed by atoms with E-state index in [-0.39, 0.29) is 6.10 Å². The third-order valence-corrected chi connectivity index (χ3v) is 4.64. The van der Waals surface area contributed by atoms with Gasteiger partial charge in [-0.1, -0.05) is 66.1 Å². The maximum Gasteiger partial charge on any atom is 0.0918 e. The van der Waals surface area contributed by atoms with E-state index in [9.17, 15) is 0 Å². The van der Waals surface area contributed by atoms with Gasteiger partial charge >= 0.3 is 0 Å². The number of rotatable bonds is 4. The van der Waals surface area contributed by atoms with Crippen LogP contribution < -0.4 is 0 Å². The van der Waals surface area contributed by atoms with Crippen LogP contribution in [0.4, 0.5) is 0 Å². The number of alkyl halides is 1. The topological polar surface area (TPSA) is 9.23 Å². The third-order valence-electron chi connectivity index (χ3n) is 3.61. The molecule has 3 heteroatoms. The minimum atomic E-state index is 0.180. The van der Waals surface area contributed by atoms with E-state index in [1.165, 1.54) is 31.2 Å². The second kappa shape index (κ2) is 7.11. The maximum absolute atomic E-state index is 6.29. The second-order valence-corrected chi connectivity index (χ2v) is 6.55. The summed E-state index contributed by atoms with van der Waals surface area (Å²) in [6.07, 6.45) is 5.67. The van der Waals surface area contributed by atoms with Crippen molar-refractivity contribution in [3.63, 3.8) is 0 Å². The van der Waals surface area contributed by atoms with E-state index in [0.717, 1.165) is 15.4 Å². The van der Waals surface area contributed by atoms with Crippen molar-refractivity contribution in [3.8, 4) is 0 Å². The highest BCUT2D eigenvalue weighted by molar-refractivity contribution is 14.1. The molecule has 0 aromatic heterocycles. The van der Waals surface area contributed by atoms with Crippen molar-refractivity contribution < 1.29 is 4.74 Å². The summed E-state index contributed by atoms with van der Waals surface area (Å²) in [5.74, 6) is 0.804. The molecule has 0 bridgehead atoms. The molecule has 1 fully saturated rings. The van der Waals surface area contributed by atoms with E-state index in [1.54, 1.807) is 0 Å². The zero-order valence-corrected chi connectivity index (χ0v) is 13.7. The number of benzene rings is 1. The minimum Gasteiger partial charge on any atom is -0.369 e. The van der Waals surface area contributed by atoms with Gasteiger partial charge in [0.25, 0.3) is 0 Å². The molecular formula is C15H20ClIO. The van der Waals surface area contributed by atoms with Gasteiger partial charge in [-0.3, -0.25) is 0 Å². The van der Waals surface area contributed by atoms with Crippen LogP contribution in [0.1, 0.15) is 44.3 Å². The number of ether oxygens (including phenoxy) is 1. The molecule has 1 aliphatic rings. The van der Waals surface area contributed by atoms with Crippen LogP contribution in [0.5, 0.6) is 0 Å². The van der Waals surface area contributed by atoms with Crippen LogP contribution in [0.3, 0.4) is 0 Å². The zero-order valence-electron chi connectivity index (χ0n) is 10.7. The molecule has 0 saturated heterocycles. The molecule has 0 aliphatic heterocycles. The molecule has 0 N–H and O–H groups in total. The first-order chi connectivity index (χ1) is 8.69. The molecular weight excluding hydrogens is 359 g/mol. The SMILES string of the molecule is CC1CCCC(OC(CI)c2cccc(Cl)c2)C1. The number of hydrogen-bond donors (Lipinski definition) is 0. The summed E-state index contributed by atoms with van der Waals surface area (Å²) in [4.78, 5) is 0. The van der Waals surface area contributed by atoms with Crippen LogP contribution in [-0.4, -0.2) is 10.5 Å². The molecule has 100 valence electrons. The Hall–Kier alpha value is 0.200. The lowest BCUT2D eigenvalue weighted by Gasteiger charge is -2.30. The van der Waals surface area contributed by atoms with Crippen molar-refractivity contribution in [2.24, 2.45) is 5.92 Å². The fraction of sp³-hybridized carbons (Fsp3) is 0.600. The Morgan fingerprint density at radius 2 is 2.28 bits per heavy atom. The summed E-state index contributed by atoms with van der Waals surface area (Å²) in [5.41, 5.74) is 1.20. The predicted octanol–water partition coefficient (Wildman–Crippen LogP) is 5.41. The summed E-state index contributed by atoms with van der Waals surface area (Å²) in [7, 11) is 0. The molecule has 1 aliphatic carbocycles. The second-order valence-electron chi connectivity index (χ2n) is 5.23. The quantitative estimate of drug-likeness (QED) is 0.503.